The van der Waals surface area contributed by atoms with Gasteiger partial charge in [0.25, 0.3) is 0 Å². The summed E-state index contributed by atoms with van der Waals surface area (Å²) >= 11 is 11.6. The monoisotopic (exact) mass is 346 g/mol. The number of nitrogens with zero attached hydrogens (tertiary/aromatic N) is 2. The van der Waals surface area contributed by atoms with Gasteiger partial charge in [-0.2, -0.15) is 4.98 Å². The molecule has 1 aromatic heterocycles. The van der Waals surface area contributed by atoms with Gasteiger partial charge >= 0.3 is 0 Å². The van der Waals surface area contributed by atoms with Gasteiger partial charge in [0.05, 0.1) is 11.1 Å². The lowest BCUT2D eigenvalue weighted by atomic mass is 10.1. The van der Waals surface area contributed by atoms with Gasteiger partial charge in [-0.15, -0.1) is 0 Å². The van der Waals surface area contributed by atoms with Crippen LogP contribution in [0.5, 0.6) is 0 Å². The van der Waals surface area contributed by atoms with E-state index in [-0.39, 0.29) is 10.2 Å². The average molecular weight is 347 g/mol. The Hall–Kier alpha value is -1.41. The van der Waals surface area contributed by atoms with Crippen molar-refractivity contribution in [1.29, 1.82) is 0 Å². The average Bonchev–Trinajstić information content (AvgIpc) is 2.42. The Labute approximate surface area is 132 Å². The molecule has 3 N–H and O–H groups in total. The molecule has 0 unspecified atom stereocenters. The molecule has 0 saturated heterocycles. The van der Waals surface area contributed by atoms with Crippen LogP contribution in [0.15, 0.2) is 35.4 Å². The third-order valence-corrected chi connectivity index (χ3v) is 4.06. The van der Waals surface area contributed by atoms with Gasteiger partial charge in [-0.05, 0) is 35.7 Å². The van der Waals surface area contributed by atoms with E-state index >= 15 is 0 Å². The van der Waals surface area contributed by atoms with Crippen molar-refractivity contribution in [3.05, 3.63) is 46.3 Å². The molecule has 9 heteroatoms. The minimum Gasteiger partial charge on any atom is -0.368 e. The van der Waals surface area contributed by atoms with E-state index in [4.69, 9.17) is 28.3 Å². The van der Waals surface area contributed by atoms with E-state index in [1.165, 1.54) is 18.3 Å². The first-order valence-corrected chi connectivity index (χ1v) is 8.20. The number of halogens is 2. The zero-order valence-electron chi connectivity index (χ0n) is 10.8. The predicted molar refractivity (Wildman–Crippen MR) is 82.1 cm³/mol. The second kappa shape index (κ2) is 6.57. The molecule has 0 amide bonds. The Morgan fingerprint density at radius 3 is 2.48 bits per heavy atom. The van der Waals surface area contributed by atoms with Crippen molar-refractivity contribution in [3.8, 4) is 0 Å². The summed E-state index contributed by atoms with van der Waals surface area (Å²) in [6.45, 7) is 0.557. The smallest absolute Gasteiger partial charge is 0.238 e. The molecule has 6 nitrogen and oxygen atoms in total. The highest BCUT2D eigenvalue weighted by molar-refractivity contribution is 7.89. The topological polar surface area (TPSA) is 98.0 Å². The fourth-order valence-corrected chi connectivity index (χ4v) is 2.45. The van der Waals surface area contributed by atoms with Crippen LogP contribution in [0, 0.1) is 0 Å². The normalized spacial score (nSPS) is 11.4. The summed E-state index contributed by atoms with van der Waals surface area (Å²) in [5, 5.41) is 8.56. The SMILES string of the molecule is NS(=O)(=O)c1ccc(CCNc2nc(Cl)ncc2Cl)cc1. The quantitative estimate of drug-likeness (QED) is 0.807. The number of nitrogens with two attached hydrogens (primary N) is 1. The molecule has 0 bridgehead atoms. The van der Waals surface area contributed by atoms with E-state index < -0.39 is 10.0 Å². The third kappa shape index (κ3) is 4.53. The van der Waals surface area contributed by atoms with Crippen LogP contribution < -0.4 is 10.5 Å². The van der Waals surface area contributed by atoms with Crippen molar-refractivity contribution in [1.82, 2.24) is 9.97 Å². The third-order valence-electron chi connectivity index (χ3n) is 2.67. The summed E-state index contributed by atoms with van der Waals surface area (Å²) in [5.74, 6) is 0.456. The zero-order chi connectivity index (χ0) is 15.5. The first-order chi connectivity index (χ1) is 9.86. The number of nitrogens with one attached hydrogen (secondary N) is 1. The molecule has 0 radical (unpaired) electrons. The number of anilines is 1. The Bertz CT molecular complexity index is 735. The Morgan fingerprint density at radius 2 is 1.86 bits per heavy atom. The summed E-state index contributed by atoms with van der Waals surface area (Å²) in [6, 6.07) is 6.35. The van der Waals surface area contributed by atoms with Gasteiger partial charge in [0.15, 0.2) is 0 Å². The summed E-state index contributed by atoms with van der Waals surface area (Å²) in [4.78, 5) is 7.81. The number of benzene rings is 1. The predicted octanol–water partition coefficient (Wildman–Crippen LogP) is 2.09. The van der Waals surface area contributed by atoms with Crippen molar-refractivity contribution >= 4 is 39.0 Å². The first kappa shape index (κ1) is 16.0. The number of rotatable bonds is 5. The molecule has 0 atom stereocenters. The highest BCUT2D eigenvalue weighted by Crippen LogP contribution is 2.19. The van der Waals surface area contributed by atoms with Crippen LogP contribution in [0.2, 0.25) is 10.3 Å². The van der Waals surface area contributed by atoms with E-state index in [0.29, 0.717) is 23.8 Å². The zero-order valence-corrected chi connectivity index (χ0v) is 13.1. The second-order valence-electron chi connectivity index (χ2n) is 4.20. The minimum absolute atomic E-state index is 0.0878. The molecule has 1 heterocycles. The van der Waals surface area contributed by atoms with E-state index in [2.05, 4.69) is 15.3 Å². The molecule has 21 heavy (non-hydrogen) atoms. The van der Waals surface area contributed by atoms with E-state index in [1.807, 2.05) is 0 Å². The summed E-state index contributed by atoms with van der Waals surface area (Å²) < 4.78 is 22.3. The van der Waals surface area contributed by atoms with Gasteiger partial charge in [0.1, 0.15) is 10.8 Å². The molecule has 0 saturated carbocycles. The molecule has 2 aromatic rings. The molecular formula is C12H12Cl2N4O2S. The van der Waals surface area contributed by atoms with E-state index in [0.717, 1.165) is 5.56 Å². The van der Waals surface area contributed by atoms with Gasteiger partial charge in [-0.3, -0.25) is 0 Å². The molecule has 0 aliphatic rings. The number of aromatic nitrogens is 2. The highest BCUT2D eigenvalue weighted by atomic mass is 35.5. The number of hydrogen-bond acceptors (Lipinski definition) is 5. The van der Waals surface area contributed by atoms with Crippen LogP contribution in [0.4, 0.5) is 5.82 Å². The van der Waals surface area contributed by atoms with Gasteiger partial charge < -0.3 is 5.32 Å². The van der Waals surface area contributed by atoms with Crippen LogP contribution in [-0.2, 0) is 16.4 Å². The largest absolute Gasteiger partial charge is 0.368 e. The Kier molecular flexibility index (Phi) is 5.00. The molecular weight excluding hydrogens is 335 g/mol. The van der Waals surface area contributed by atoms with Gasteiger partial charge in [-0.1, -0.05) is 23.7 Å². The maximum absolute atomic E-state index is 11.1. The molecule has 1 aromatic carbocycles. The van der Waals surface area contributed by atoms with Crippen molar-refractivity contribution in [3.63, 3.8) is 0 Å². The number of sulfonamides is 1. The van der Waals surface area contributed by atoms with Crippen LogP contribution in [-0.4, -0.2) is 24.9 Å². The fourth-order valence-electron chi connectivity index (χ4n) is 1.64. The molecule has 112 valence electrons. The van der Waals surface area contributed by atoms with Crippen LogP contribution in [0.1, 0.15) is 5.56 Å². The van der Waals surface area contributed by atoms with Gasteiger partial charge in [0, 0.05) is 6.54 Å². The van der Waals surface area contributed by atoms with E-state index in [1.54, 1.807) is 12.1 Å². The lowest BCUT2D eigenvalue weighted by Gasteiger charge is -2.07. The lowest BCUT2D eigenvalue weighted by Crippen LogP contribution is -2.12. The maximum Gasteiger partial charge on any atom is 0.238 e. The number of hydrogen-bond donors (Lipinski definition) is 2. The molecule has 0 spiro atoms. The summed E-state index contributed by atoms with van der Waals surface area (Å²) in [6.07, 6.45) is 2.07. The van der Waals surface area contributed by atoms with Crippen molar-refractivity contribution < 1.29 is 8.42 Å². The fraction of sp³-hybridized carbons (Fsp3) is 0.167. The van der Waals surface area contributed by atoms with E-state index in [9.17, 15) is 8.42 Å². The highest BCUT2D eigenvalue weighted by Gasteiger charge is 2.07. The first-order valence-electron chi connectivity index (χ1n) is 5.90. The number of primary sulfonamides is 1. The Balaban J connectivity index is 1.96. The van der Waals surface area contributed by atoms with Crippen LogP contribution >= 0.6 is 23.2 Å². The standard InChI is InChI=1S/C12H12Cl2N4O2S/c13-10-7-17-12(14)18-11(10)16-6-5-8-1-3-9(4-2-8)21(15,19)20/h1-4,7H,5-6H2,(H2,15,19,20)(H,16,17,18). The summed E-state index contributed by atoms with van der Waals surface area (Å²) in [7, 11) is -3.66. The maximum atomic E-state index is 11.1. The van der Waals surface area contributed by atoms with Crippen LogP contribution in [0.3, 0.4) is 0 Å². The van der Waals surface area contributed by atoms with Crippen molar-refractivity contribution in [2.75, 3.05) is 11.9 Å². The Morgan fingerprint density at radius 1 is 1.19 bits per heavy atom. The minimum atomic E-state index is -3.66. The molecule has 0 aliphatic heterocycles. The summed E-state index contributed by atoms with van der Waals surface area (Å²) in [5.41, 5.74) is 0.950. The van der Waals surface area contributed by atoms with Gasteiger partial charge in [0.2, 0.25) is 15.3 Å². The van der Waals surface area contributed by atoms with Crippen molar-refractivity contribution in [2.45, 2.75) is 11.3 Å². The molecule has 2 rings (SSSR count). The lowest BCUT2D eigenvalue weighted by molar-refractivity contribution is 0.598. The van der Waals surface area contributed by atoms with Crippen molar-refractivity contribution in [2.24, 2.45) is 5.14 Å². The molecule has 0 fully saturated rings. The second-order valence-corrected chi connectivity index (χ2v) is 6.51. The van der Waals surface area contributed by atoms with Crippen LogP contribution in [0.25, 0.3) is 0 Å². The van der Waals surface area contributed by atoms with Gasteiger partial charge in [-0.25, -0.2) is 18.5 Å². The molecule has 0 aliphatic carbocycles.